The Balaban J connectivity index is 1.08. The second kappa shape index (κ2) is 14.2. The first kappa shape index (κ1) is 34.2. The zero-order valence-electron chi connectivity index (χ0n) is 31.9. The van der Waals surface area contributed by atoms with Gasteiger partial charge in [0.1, 0.15) is 0 Å². The lowest BCUT2D eigenvalue weighted by atomic mass is 9.94. The lowest BCUT2D eigenvalue weighted by molar-refractivity contribution is 0.478. The quantitative estimate of drug-likeness (QED) is 0.165. The monoisotopic (exact) mass is 756 g/mol. The van der Waals surface area contributed by atoms with Crippen molar-refractivity contribution in [2.75, 3.05) is 0 Å². The Kier molecular flexibility index (Phi) is 8.23. The number of aliphatic hydroxyl groups is 1. The van der Waals surface area contributed by atoms with Crippen LogP contribution in [0.5, 0.6) is 0 Å². The van der Waals surface area contributed by atoms with E-state index < -0.39 is 0 Å². The molecule has 11 rings (SSSR count). The standard InChI is InChI=1S/C54H36N4O/c59-29-28-40-35-55-54(56-53(40)43-31-41(36-14-4-1-5-15-36)30-42(32-43)37-16-6-2-7-17-37)58-50-23-13-11-21-46(50)48-34-39(25-27-52(48)58)38-24-26-51-47(33-38)45-20-10-12-22-49(45)57(51)44-18-8-3-9-19-44/h1-35,59H/b29-28-. The normalized spacial score (nSPS) is 11.7. The van der Waals surface area contributed by atoms with Crippen LogP contribution in [0.4, 0.5) is 0 Å². The van der Waals surface area contributed by atoms with Gasteiger partial charge < -0.3 is 9.67 Å². The molecule has 0 bridgehead atoms. The average Bonchev–Trinajstić information content (AvgIpc) is 3.82. The highest BCUT2D eigenvalue weighted by molar-refractivity contribution is 6.12. The van der Waals surface area contributed by atoms with Gasteiger partial charge in [-0.3, -0.25) is 4.57 Å². The molecule has 0 atom stereocenters. The van der Waals surface area contributed by atoms with Crippen LogP contribution in [0.3, 0.4) is 0 Å². The molecular weight excluding hydrogens is 721 g/mol. The molecule has 8 aromatic carbocycles. The summed E-state index contributed by atoms with van der Waals surface area (Å²) >= 11 is 0. The summed E-state index contributed by atoms with van der Waals surface area (Å²) in [5.41, 5.74) is 14.6. The van der Waals surface area contributed by atoms with Gasteiger partial charge in [0.15, 0.2) is 0 Å². The number of hydrogen-bond donors (Lipinski definition) is 1. The first-order valence-corrected chi connectivity index (χ1v) is 19.8. The number of rotatable bonds is 7. The molecule has 278 valence electrons. The summed E-state index contributed by atoms with van der Waals surface area (Å²) in [6, 6.07) is 68.6. The minimum Gasteiger partial charge on any atom is -0.516 e. The van der Waals surface area contributed by atoms with E-state index in [1.54, 1.807) is 12.3 Å². The van der Waals surface area contributed by atoms with Crippen molar-refractivity contribution in [2.45, 2.75) is 0 Å². The Bertz CT molecular complexity index is 3320. The number of benzene rings is 8. The smallest absolute Gasteiger partial charge is 0.235 e. The molecule has 0 spiro atoms. The number of hydrogen-bond acceptors (Lipinski definition) is 3. The molecule has 5 heteroatoms. The van der Waals surface area contributed by atoms with E-state index in [1.807, 2.05) is 12.1 Å². The summed E-state index contributed by atoms with van der Waals surface area (Å²) in [5, 5.41) is 14.7. The van der Waals surface area contributed by atoms with Crippen molar-refractivity contribution in [1.82, 2.24) is 19.1 Å². The highest BCUT2D eigenvalue weighted by Gasteiger charge is 2.19. The van der Waals surface area contributed by atoms with Gasteiger partial charge >= 0.3 is 0 Å². The fourth-order valence-corrected chi connectivity index (χ4v) is 8.66. The second-order valence-corrected chi connectivity index (χ2v) is 14.8. The van der Waals surface area contributed by atoms with Gasteiger partial charge in [-0.1, -0.05) is 127 Å². The van der Waals surface area contributed by atoms with Crippen LogP contribution in [0, 0.1) is 0 Å². The van der Waals surface area contributed by atoms with Crippen molar-refractivity contribution >= 4 is 49.7 Å². The molecule has 11 aromatic rings. The van der Waals surface area contributed by atoms with Gasteiger partial charge in [0.25, 0.3) is 0 Å². The summed E-state index contributed by atoms with van der Waals surface area (Å²) in [4.78, 5) is 10.3. The average molecular weight is 757 g/mol. The van der Waals surface area contributed by atoms with E-state index in [4.69, 9.17) is 9.97 Å². The topological polar surface area (TPSA) is 55.9 Å². The van der Waals surface area contributed by atoms with Gasteiger partial charge in [0.2, 0.25) is 5.95 Å². The molecule has 0 aliphatic rings. The molecule has 0 saturated heterocycles. The van der Waals surface area contributed by atoms with E-state index >= 15 is 0 Å². The third kappa shape index (κ3) is 5.87. The molecule has 3 aromatic heterocycles. The Hall–Kier alpha value is -8.02. The van der Waals surface area contributed by atoms with Crippen LogP contribution in [0.25, 0.3) is 106 Å². The van der Waals surface area contributed by atoms with E-state index in [1.165, 1.54) is 21.8 Å². The molecule has 3 heterocycles. The molecule has 1 N–H and O–H groups in total. The molecular formula is C54H36N4O. The van der Waals surface area contributed by atoms with Gasteiger partial charge in [-0.2, -0.15) is 0 Å². The summed E-state index contributed by atoms with van der Waals surface area (Å²) in [6.45, 7) is 0. The first-order valence-electron chi connectivity index (χ1n) is 19.8. The van der Waals surface area contributed by atoms with Crippen molar-refractivity contribution < 1.29 is 5.11 Å². The first-order chi connectivity index (χ1) is 29.2. The van der Waals surface area contributed by atoms with E-state index in [9.17, 15) is 5.11 Å². The number of para-hydroxylation sites is 3. The molecule has 5 nitrogen and oxygen atoms in total. The van der Waals surface area contributed by atoms with Crippen LogP contribution in [-0.4, -0.2) is 24.2 Å². The number of nitrogens with zero attached hydrogens (tertiary/aromatic N) is 4. The van der Waals surface area contributed by atoms with Crippen LogP contribution >= 0.6 is 0 Å². The van der Waals surface area contributed by atoms with Crippen molar-refractivity contribution in [3.05, 3.63) is 212 Å². The molecule has 0 amide bonds. The van der Waals surface area contributed by atoms with Crippen molar-refractivity contribution in [1.29, 1.82) is 0 Å². The number of aliphatic hydroxyl groups excluding tert-OH is 1. The summed E-state index contributed by atoms with van der Waals surface area (Å²) in [7, 11) is 0. The Morgan fingerprint density at radius 2 is 0.864 bits per heavy atom. The van der Waals surface area contributed by atoms with E-state index in [0.29, 0.717) is 11.5 Å². The predicted octanol–water partition coefficient (Wildman–Crippen LogP) is 13.9. The minimum absolute atomic E-state index is 0.551. The third-order valence-electron chi connectivity index (χ3n) is 11.4. The van der Waals surface area contributed by atoms with Gasteiger partial charge in [0, 0.05) is 44.6 Å². The third-order valence-corrected chi connectivity index (χ3v) is 11.4. The summed E-state index contributed by atoms with van der Waals surface area (Å²) in [6.07, 6.45) is 4.51. The highest BCUT2D eigenvalue weighted by atomic mass is 16.2. The zero-order chi connectivity index (χ0) is 39.3. The summed E-state index contributed by atoms with van der Waals surface area (Å²) < 4.78 is 4.50. The molecule has 0 aliphatic carbocycles. The van der Waals surface area contributed by atoms with E-state index in [2.05, 4.69) is 191 Å². The molecule has 0 saturated carbocycles. The largest absolute Gasteiger partial charge is 0.516 e. The Morgan fingerprint density at radius 1 is 0.390 bits per heavy atom. The minimum atomic E-state index is 0.551. The van der Waals surface area contributed by atoms with Crippen LogP contribution < -0.4 is 0 Å². The van der Waals surface area contributed by atoms with Crippen LogP contribution in [0.2, 0.25) is 0 Å². The highest BCUT2D eigenvalue weighted by Crippen LogP contribution is 2.39. The Morgan fingerprint density at radius 3 is 1.44 bits per heavy atom. The number of fused-ring (bicyclic) bond motifs is 6. The van der Waals surface area contributed by atoms with Gasteiger partial charge in [-0.15, -0.1) is 0 Å². The van der Waals surface area contributed by atoms with Crippen LogP contribution in [0.15, 0.2) is 207 Å². The van der Waals surface area contributed by atoms with E-state index in [-0.39, 0.29) is 0 Å². The van der Waals surface area contributed by atoms with Gasteiger partial charge in [-0.05, 0) is 106 Å². The lowest BCUT2D eigenvalue weighted by Crippen LogP contribution is -2.04. The SMILES string of the molecule is O/C=C\c1cnc(-n2c3ccccc3c3cc(-c4ccc5c(c4)c4ccccc4n5-c4ccccc4)ccc32)nc1-c1cc(-c2ccccc2)cc(-c2ccccc2)c1. The van der Waals surface area contributed by atoms with Crippen LogP contribution in [0.1, 0.15) is 5.56 Å². The maximum absolute atomic E-state index is 10.0. The fourth-order valence-electron chi connectivity index (χ4n) is 8.66. The lowest BCUT2D eigenvalue weighted by Gasteiger charge is -2.14. The molecule has 59 heavy (non-hydrogen) atoms. The number of aromatic nitrogens is 4. The predicted molar refractivity (Wildman–Crippen MR) is 244 cm³/mol. The zero-order valence-corrected chi connectivity index (χ0v) is 31.9. The van der Waals surface area contributed by atoms with Gasteiger partial charge in [0.05, 0.1) is 34.0 Å². The fraction of sp³-hybridized carbons (Fsp3) is 0. The molecule has 0 fully saturated rings. The van der Waals surface area contributed by atoms with Crippen molar-refractivity contribution in [3.8, 4) is 56.3 Å². The van der Waals surface area contributed by atoms with Crippen molar-refractivity contribution in [2.24, 2.45) is 0 Å². The summed E-state index contributed by atoms with van der Waals surface area (Å²) in [5.74, 6) is 0.551. The Labute approximate surface area is 341 Å². The molecule has 0 radical (unpaired) electrons. The van der Waals surface area contributed by atoms with Gasteiger partial charge in [-0.25, -0.2) is 9.97 Å². The van der Waals surface area contributed by atoms with Crippen LogP contribution in [-0.2, 0) is 0 Å². The van der Waals surface area contributed by atoms with E-state index in [0.717, 1.165) is 78.4 Å². The molecule has 0 unspecified atom stereocenters. The maximum Gasteiger partial charge on any atom is 0.235 e. The molecule has 0 aliphatic heterocycles. The van der Waals surface area contributed by atoms with Crippen molar-refractivity contribution in [3.63, 3.8) is 0 Å². The second-order valence-electron chi connectivity index (χ2n) is 14.8. The maximum atomic E-state index is 10.0.